The lowest BCUT2D eigenvalue weighted by atomic mass is 9.73. The molecule has 0 atom stereocenters. The van der Waals surface area contributed by atoms with E-state index in [0.717, 1.165) is 0 Å². The summed E-state index contributed by atoms with van der Waals surface area (Å²) in [6.45, 7) is 7.31. The van der Waals surface area contributed by atoms with Crippen molar-refractivity contribution >= 4 is 11.9 Å². The molecule has 0 heterocycles. The van der Waals surface area contributed by atoms with E-state index < -0.39 is 17.4 Å². The van der Waals surface area contributed by atoms with E-state index in [-0.39, 0.29) is 32.2 Å². The minimum Gasteiger partial charge on any atom is -0.465 e. The van der Waals surface area contributed by atoms with Crippen molar-refractivity contribution in [3.05, 3.63) is 0 Å². The quantitative estimate of drug-likeness (QED) is 0.529. The number of hydrogen-bond acceptors (Lipinski definition) is 5. The van der Waals surface area contributed by atoms with Gasteiger partial charge in [0.25, 0.3) is 0 Å². The average Bonchev–Trinajstić information content (AvgIpc) is 2.30. The molecule has 0 fully saturated rings. The van der Waals surface area contributed by atoms with E-state index in [2.05, 4.69) is 0 Å². The Morgan fingerprint density at radius 2 is 1.56 bits per heavy atom. The summed E-state index contributed by atoms with van der Waals surface area (Å²) >= 11 is 0. The lowest BCUT2D eigenvalue weighted by Crippen LogP contribution is -2.46. The molecule has 0 aromatic carbocycles. The number of carbonyl (C=O) groups is 2. The van der Waals surface area contributed by atoms with E-state index in [0.29, 0.717) is 6.42 Å². The summed E-state index contributed by atoms with van der Waals surface area (Å²) in [6, 6.07) is 0. The van der Waals surface area contributed by atoms with Gasteiger partial charge in [-0.15, -0.1) is 0 Å². The maximum absolute atomic E-state index is 12.1. The Labute approximate surface area is 108 Å². The van der Waals surface area contributed by atoms with Gasteiger partial charge < -0.3 is 14.6 Å². The van der Waals surface area contributed by atoms with Crippen molar-refractivity contribution in [2.24, 2.45) is 11.3 Å². The SMILES string of the molecule is CCOC(=O)C(CCCO)(C(=O)OCC)C(C)C. The average molecular weight is 260 g/mol. The van der Waals surface area contributed by atoms with Crippen molar-refractivity contribution in [1.82, 2.24) is 0 Å². The minimum atomic E-state index is -1.31. The van der Waals surface area contributed by atoms with Crippen molar-refractivity contribution in [1.29, 1.82) is 0 Å². The van der Waals surface area contributed by atoms with Crippen LogP contribution in [0.1, 0.15) is 40.5 Å². The fourth-order valence-electron chi connectivity index (χ4n) is 1.93. The molecule has 0 aliphatic carbocycles. The summed E-state index contributed by atoms with van der Waals surface area (Å²) in [5.41, 5.74) is -1.31. The molecule has 0 aromatic rings. The lowest BCUT2D eigenvalue weighted by molar-refractivity contribution is -0.176. The molecule has 5 heteroatoms. The standard InChI is InChI=1S/C13H24O5/c1-5-17-11(15)13(10(3)4,8-7-9-14)12(16)18-6-2/h10,14H,5-9H2,1-4H3. The van der Waals surface area contributed by atoms with Crippen LogP contribution in [-0.4, -0.2) is 36.9 Å². The van der Waals surface area contributed by atoms with Crippen LogP contribution in [0.3, 0.4) is 0 Å². The second-order valence-electron chi connectivity index (χ2n) is 4.39. The fourth-order valence-corrected chi connectivity index (χ4v) is 1.93. The Hall–Kier alpha value is -1.10. The van der Waals surface area contributed by atoms with Crippen molar-refractivity contribution in [2.75, 3.05) is 19.8 Å². The van der Waals surface area contributed by atoms with Crippen LogP contribution in [0.25, 0.3) is 0 Å². The molecule has 18 heavy (non-hydrogen) atoms. The molecule has 0 rings (SSSR count). The van der Waals surface area contributed by atoms with Gasteiger partial charge in [-0.05, 0) is 32.6 Å². The maximum atomic E-state index is 12.1. The van der Waals surface area contributed by atoms with Gasteiger partial charge in [0.1, 0.15) is 0 Å². The Morgan fingerprint density at radius 1 is 1.11 bits per heavy atom. The van der Waals surface area contributed by atoms with Crippen LogP contribution in [0.15, 0.2) is 0 Å². The topological polar surface area (TPSA) is 72.8 Å². The Bertz CT molecular complexity index is 255. The van der Waals surface area contributed by atoms with Gasteiger partial charge in [-0.25, -0.2) is 0 Å². The van der Waals surface area contributed by atoms with Crippen LogP contribution in [0.2, 0.25) is 0 Å². The van der Waals surface area contributed by atoms with E-state index in [1.54, 1.807) is 27.7 Å². The third-order valence-electron chi connectivity index (χ3n) is 2.99. The van der Waals surface area contributed by atoms with E-state index in [4.69, 9.17) is 14.6 Å². The van der Waals surface area contributed by atoms with Crippen molar-refractivity contribution in [3.63, 3.8) is 0 Å². The first-order valence-electron chi connectivity index (χ1n) is 6.42. The van der Waals surface area contributed by atoms with Gasteiger partial charge in [-0.1, -0.05) is 13.8 Å². The highest BCUT2D eigenvalue weighted by Gasteiger charge is 2.50. The Morgan fingerprint density at radius 3 is 1.83 bits per heavy atom. The van der Waals surface area contributed by atoms with Crippen molar-refractivity contribution in [3.8, 4) is 0 Å². The zero-order valence-electron chi connectivity index (χ0n) is 11.7. The smallest absolute Gasteiger partial charge is 0.323 e. The lowest BCUT2D eigenvalue weighted by Gasteiger charge is -2.32. The summed E-state index contributed by atoms with van der Waals surface area (Å²) in [7, 11) is 0. The first-order valence-corrected chi connectivity index (χ1v) is 6.42. The van der Waals surface area contributed by atoms with Gasteiger partial charge in [-0.2, -0.15) is 0 Å². The van der Waals surface area contributed by atoms with E-state index >= 15 is 0 Å². The molecule has 106 valence electrons. The van der Waals surface area contributed by atoms with Crippen molar-refractivity contribution < 1.29 is 24.2 Å². The first kappa shape index (κ1) is 16.9. The molecule has 0 bridgehead atoms. The highest BCUT2D eigenvalue weighted by atomic mass is 16.6. The van der Waals surface area contributed by atoms with Crippen LogP contribution in [-0.2, 0) is 19.1 Å². The largest absolute Gasteiger partial charge is 0.465 e. The van der Waals surface area contributed by atoms with Crippen LogP contribution >= 0.6 is 0 Å². The number of aliphatic hydroxyl groups excluding tert-OH is 1. The molecule has 0 saturated carbocycles. The molecule has 0 amide bonds. The second-order valence-corrected chi connectivity index (χ2v) is 4.39. The molecule has 5 nitrogen and oxygen atoms in total. The third-order valence-corrected chi connectivity index (χ3v) is 2.99. The van der Waals surface area contributed by atoms with Gasteiger partial charge in [0.2, 0.25) is 0 Å². The zero-order valence-corrected chi connectivity index (χ0v) is 11.7. The summed E-state index contributed by atoms with van der Waals surface area (Å²) < 4.78 is 10.0. The number of rotatable bonds is 8. The number of aliphatic hydroxyl groups is 1. The van der Waals surface area contributed by atoms with Crippen LogP contribution in [0.4, 0.5) is 0 Å². The van der Waals surface area contributed by atoms with Gasteiger partial charge in [0.05, 0.1) is 13.2 Å². The molecular formula is C13H24O5. The zero-order chi connectivity index (χ0) is 14.2. The predicted octanol–water partition coefficient (Wildman–Crippen LogP) is 1.53. The number of hydrogen-bond donors (Lipinski definition) is 1. The minimum absolute atomic E-state index is 0.0761. The first-order chi connectivity index (χ1) is 8.47. The highest BCUT2D eigenvalue weighted by molar-refractivity contribution is 6.00. The van der Waals surface area contributed by atoms with E-state index in [1.165, 1.54) is 0 Å². The normalized spacial score (nSPS) is 11.4. The molecule has 0 saturated heterocycles. The number of ether oxygens (including phenoxy) is 2. The summed E-state index contributed by atoms with van der Waals surface area (Å²) in [5, 5.41) is 8.93. The molecular weight excluding hydrogens is 236 g/mol. The summed E-state index contributed by atoms with van der Waals surface area (Å²) in [4.78, 5) is 24.2. The summed E-state index contributed by atoms with van der Waals surface area (Å²) in [6.07, 6.45) is 0.592. The van der Waals surface area contributed by atoms with Crippen LogP contribution in [0.5, 0.6) is 0 Å². The van der Waals surface area contributed by atoms with Gasteiger partial charge in [0.15, 0.2) is 5.41 Å². The predicted molar refractivity (Wildman–Crippen MR) is 66.9 cm³/mol. The molecule has 0 unspecified atom stereocenters. The van der Waals surface area contributed by atoms with E-state index in [1.807, 2.05) is 0 Å². The van der Waals surface area contributed by atoms with Crippen LogP contribution in [0, 0.1) is 11.3 Å². The monoisotopic (exact) mass is 260 g/mol. The van der Waals surface area contributed by atoms with Gasteiger partial charge >= 0.3 is 11.9 Å². The van der Waals surface area contributed by atoms with E-state index in [9.17, 15) is 9.59 Å². The Balaban J connectivity index is 5.27. The molecule has 0 radical (unpaired) electrons. The number of carbonyl (C=O) groups excluding carboxylic acids is 2. The Kier molecular flexibility index (Phi) is 7.59. The molecule has 1 N–H and O–H groups in total. The fraction of sp³-hybridized carbons (Fsp3) is 0.846. The van der Waals surface area contributed by atoms with Crippen molar-refractivity contribution in [2.45, 2.75) is 40.5 Å². The highest BCUT2D eigenvalue weighted by Crippen LogP contribution is 2.36. The maximum Gasteiger partial charge on any atom is 0.323 e. The third kappa shape index (κ3) is 3.70. The molecule has 0 spiro atoms. The molecule has 0 aliphatic heterocycles. The molecule has 0 aromatic heterocycles. The summed E-state index contributed by atoms with van der Waals surface area (Å²) in [5.74, 6) is -1.37. The number of esters is 2. The second kappa shape index (κ2) is 8.08. The van der Waals surface area contributed by atoms with Crippen LogP contribution < -0.4 is 0 Å². The molecule has 0 aliphatic rings. The van der Waals surface area contributed by atoms with Gasteiger partial charge in [-0.3, -0.25) is 9.59 Å². The van der Waals surface area contributed by atoms with Gasteiger partial charge in [0, 0.05) is 6.61 Å².